The summed E-state index contributed by atoms with van der Waals surface area (Å²) >= 11 is 1.31. The van der Waals surface area contributed by atoms with Crippen molar-refractivity contribution in [1.82, 2.24) is 19.8 Å². The zero-order valence-electron chi connectivity index (χ0n) is 19.5. The lowest BCUT2D eigenvalue weighted by molar-refractivity contribution is -0.120. The molecule has 8 heteroatoms. The lowest BCUT2D eigenvalue weighted by atomic mass is 10.2. The quantitative estimate of drug-likeness (QED) is 0.343. The van der Waals surface area contributed by atoms with Crippen LogP contribution in [0.5, 0.6) is 0 Å². The number of carbonyl (C=O) groups is 1. The van der Waals surface area contributed by atoms with Crippen molar-refractivity contribution in [3.05, 3.63) is 64.7 Å². The molecule has 180 valence electrons. The third-order valence-corrected chi connectivity index (χ3v) is 7.33. The summed E-state index contributed by atoms with van der Waals surface area (Å²) < 4.78 is 15.1. The maximum atomic E-state index is 13.6. The number of unbranched alkanes of at least 4 members (excludes halogenated alkanes) is 1. The minimum atomic E-state index is -0.377. The van der Waals surface area contributed by atoms with E-state index in [1.54, 1.807) is 30.3 Å². The second kappa shape index (κ2) is 11.6. The van der Waals surface area contributed by atoms with Crippen molar-refractivity contribution in [2.45, 2.75) is 49.4 Å². The summed E-state index contributed by atoms with van der Waals surface area (Å²) in [6.07, 6.45) is 4.98. The average Bonchev–Trinajstić information content (AvgIpc) is 3.36. The van der Waals surface area contributed by atoms with Crippen molar-refractivity contribution >= 4 is 28.6 Å². The first-order valence-electron chi connectivity index (χ1n) is 12.0. The SMILES string of the molecule is CCCCC(Sc1nc2ccccc2c(=O)n1-c1ccc(F)cc1)C(=O)NCCN1CCCC1. The van der Waals surface area contributed by atoms with Crippen LogP contribution in [0.2, 0.25) is 0 Å². The van der Waals surface area contributed by atoms with Crippen molar-refractivity contribution < 1.29 is 9.18 Å². The molecule has 1 N–H and O–H groups in total. The van der Waals surface area contributed by atoms with Gasteiger partial charge in [-0.05, 0) is 68.8 Å². The van der Waals surface area contributed by atoms with Crippen molar-refractivity contribution in [2.75, 3.05) is 26.2 Å². The second-order valence-corrected chi connectivity index (χ2v) is 9.79. The van der Waals surface area contributed by atoms with E-state index in [1.165, 1.54) is 41.3 Å². The van der Waals surface area contributed by atoms with Crippen LogP contribution < -0.4 is 10.9 Å². The molecule has 2 aromatic carbocycles. The number of amides is 1. The number of thioether (sulfide) groups is 1. The van der Waals surface area contributed by atoms with Gasteiger partial charge in [0.2, 0.25) is 5.91 Å². The van der Waals surface area contributed by atoms with E-state index in [9.17, 15) is 14.0 Å². The Balaban J connectivity index is 1.63. The van der Waals surface area contributed by atoms with Gasteiger partial charge in [-0.1, -0.05) is 43.7 Å². The van der Waals surface area contributed by atoms with E-state index >= 15 is 0 Å². The maximum Gasteiger partial charge on any atom is 0.266 e. The molecule has 1 unspecified atom stereocenters. The number of fused-ring (bicyclic) bond motifs is 1. The molecule has 1 aliphatic heterocycles. The molecule has 0 aliphatic carbocycles. The van der Waals surface area contributed by atoms with Crippen molar-refractivity contribution in [3.63, 3.8) is 0 Å². The lowest BCUT2D eigenvalue weighted by Gasteiger charge is -2.20. The van der Waals surface area contributed by atoms with Gasteiger partial charge in [-0.3, -0.25) is 14.2 Å². The number of halogens is 1. The summed E-state index contributed by atoms with van der Waals surface area (Å²) in [4.78, 5) is 33.7. The number of rotatable bonds is 10. The number of nitrogens with one attached hydrogen (secondary N) is 1. The fourth-order valence-corrected chi connectivity index (χ4v) is 5.40. The van der Waals surface area contributed by atoms with Crippen LogP contribution in [0, 0.1) is 5.82 Å². The predicted octanol–water partition coefficient (Wildman–Crippen LogP) is 4.39. The van der Waals surface area contributed by atoms with Crippen LogP contribution in [-0.2, 0) is 4.79 Å². The number of likely N-dealkylation sites (tertiary alicyclic amines) is 1. The van der Waals surface area contributed by atoms with E-state index in [4.69, 9.17) is 4.98 Å². The van der Waals surface area contributed by atoms with Crippen LogP contribution in [0.4, 0.5) is 4.39 Å². The van der Waals surface area contributed by atoms with Gasteiger partial charge < -0.3 is 10.2 Å². The molecular formula is C26H31FN4O2S. The smallest absolute Gasteiger partial charge is 0.266 e. The van der Waals surface area contributed by atoms with Gasteiger partial charge in [0.15, 0.2) is 5.16 Å². The molecule has 1 saturated heterocycles. The highest BCUT2D eigenvalue weighted by molar-refractivity contribution is 8.00. The molecule has 4 rings (SSSR count). The fourth-order valence-electron chi connectivity index (χ4n) is 4.23. The Morgan fingerprint density at radius 2 is 1.88 bits per heavy atom. The second-order valence-electron chi connectivity index (χ2n) is 8.62. The summed E-state index contributed by atoms with van der Waals surface area (Å²) in [7, 11) is 0. The Labute approximate surface area is 203 Å². The molecular weight excluding hydrogens is 451 g/mol. The Bertz CT molecular complexity index is 1180. The van der Waals surface area contributed by atoms with Gasteiger partial charge in [0.05, 0.1) is 21.8 Å². The number of benzene rings is 2. The molecule has 1 fully saturated rings. The normalized spacial score (nSPS) is 15.0. The highest BCUT2D eigenvalue weighted by Crippen LogP contribution is 2.28. The Morgan fingerprint density at radius 1 is 1.15 bits per heavy atom. The molecule has 1 aromatic heterocycles. The summed E-state index contributed by atoms with van der Waals surface area (Å²) in [5.41, 5.74) is 0.872. The van der Waals surface area contributed by atoms with Crippen LogP contribution in [-0.4, -0.2) is 51.8 Å². The topological polar surface area (TPSA) is 67.2 Å². The van der Waals surface area contributed by atoms with Gasteiger partial charge in [0, 0.05) is 13.1 Å². The zero-order valence-corrected chi connectivity index (χ0v) is 20.3. The molecule has 1 aliphatic rings. The highest BCUT2D eigenvalue weighted by atomic mass is 32.2. The Hall–Kier alpha value is -2.71. The van der Waals surface area contributed by atoms with Crippen LogP contribution in [0.1, 0.15) is 39.0 Å². The Morgan fingerprint density at radius 3 is 2.62 bits per heavy atom. The highest BCUT2D eigenvalue weighted by Gasteiger charge is 2.24. The van der Waals surface area contributed by atoms with E-state index in [0.717, 1.165) is 32.5 Å². The third-order valence-electron chi connectivity index (χ3n) is 6.12. The van der Waals surface area contributed by atoms with Gasteiger partial charge in [-0.2, -0.15) is 0 Å². The Kier molecular flexibility index (Phi) is 8.34. The first-order valence-corrected chi connectivity index (χ1v) is 12.9. The standard InChI is InChI=1S/C26H31FN4O2S/c1-2-3-10-23(24(32)28-15-18-30-16-6-7-17-30)34-26-29-22-9-5-4-8-21(22)25(33)31(26)20-13-11-19(27)12-14-20/h4-5,8-9,11-14,23H,2-3,6-7,10,15-18H2,1H3,(H,28,32). The molecule has 0 spiro atoms. The van der Waals surface area contributed by atoms with E-state index in [-0.39, 0.29) is 22.5 Å². The maximum absolute atomic E-state index is 13.6. The van der Waals surface area contributed by atoms with E-state index in [0.29, 0.717) is 34.7 Å². The van der Waals surface area contributed by atoms with E-state index in [2.05, 4.69) is 17.1 Å². The van der Waals surface area contributed by atoms with Gasteiger partial charge in [-0.25, -0.2) is 9.37 Å². The third kappa shape index (κ3) is 5.85. The molecule has 34 heavy (non-hydrogen) atoms. The molecule has 3 aromatic rings. The summed E-state index contributed by atoms with van der Waals surface area (Å²) in [5, 5.41) is 3.63. The van der Waals surface area contributed by atoms with E-state index < -0.39 is 0 Å². The molecule has 0 radical (unpaired) electrons. The summed E-state index contributed by atoms with van der Waals surface area (Å²) in [5.74, 6) is -0.413. The number of hydrogen-bond acceptors (Lipinski definition) is 5. The van der Waals surface area contributed by atoms with Crippen LogP contribution in [0.15, 0.2) is 58.5 Å². The first-order chi connectivity index (χ1) is 16.6. The molecule has 1 amide bonds. The molecule has 2 heterocycles. The molecule has 6 nitrogen and oxygen atoms in total. The number of hydrogen-bond donors (Lipinski definition) is 1. The summed E-state index contributed by atoms with van der Waals surface area (Å²) in [6, 6.07) is 12.9. The first kappa shape index (κ1) is 24.4. The number of para-hydroxylation sites is 1. The molecule has 1 atom stereocenters. The number of carbonyl (C=O) groups excluding carboxylic acids is 1. The van der Waals surface area contributed by atoms with E-state index in [1.807, 2.05) is 6.07 Å². The van der Waals surface area contributed by atoms with Gasteiger partial charge in [0.25, 0.3) is 5.56 Å². The molecule has 0 saturated carbocycles. The zero-order chi connectivity index (χ0) is 23.9. The monoisotopic (exact) mass is 482 g/mol. The predicted molar refractivity (Wildman–Crippen MR) is 135 cm³/mol. The largest absolute Gasteiger partial charge is 0.354 e. The fraction of sp³-hybridized carbons (Fsp3) is 0.423. The van der Waals surface area contributed by atoms with Crippen LogP contribution >= 0.6 is 11.8 Å². The average molecular weight is 483 g/mol. The number of nitrogens with zero attached hydrogens (tertiary/aromatic N) is 3. The molecule has 0 bridgehead atoms. The van der Waals surface area contributed by atoms with Gasteiger partial charge in [0.1, 0.15) is 5.82 Å². The minimum absolute atomic E-state index is 0.0364. The van der Waals surface area contributed by atoms with Crippen molar-refractivity contribution in [3.8, 4) is 5.69 Å². The van der Waals surface area contributed by atoms with Crippen molar-refractivity contribution in [1.29, 1.82) is 0 Å². The van der Waals surface area contributed by atoms with Crippen LogP contribution in [0.25, 0.3) is 16.6 Å². The van der Waals surface area contributed by atoms with Crippen LogP contribution in [0.3, 0.4) is 0 Å². The van der Waals surface area contributed by atoms with Gasteiger partial charge in [-0.15, -0.1) is 0 Å². The number of aromatic nitrogens is 2. The lowest BCUT2D eigenvalue weighted by Crippen LogP contribution is -2.38. The van der Waals surface area contributed by atoms with Crippen molar-refractivity contribution in [2.24, 2.45) is 0 Å². The summed E-state index contributed by atoms with van der Waals surface area (Å²) in [6.45, 7) is 5.74. The minimum Gasteiger partial charge on any atom is -0.354 e. The van der Waals surface area contributed by atoms with Gasteiger partial charge >= 0.3 is 0 Å².